The van der Waals surface area contributed by atoms with E-state index in [-0.39, 0.29) is 29.7 Å². The van der Waals surface area contributed by atoms with E-state index >= 15 is 0 Å². The molecule has 2 aromatic carbocycles. The van der Waals surface area contributed by atoms with Gasteiger partial charge in [0.25, 0.3) is 0 Å². The molecule has 160 valence electrons. The van der Waals surface area contributed by atoms with Gasteiger partial charge in [-0.05, 0) is 50.1 Å². The van der Waals surface area contributed by atoms with Gasteiger partial charge in [-0.25, -0.2) is 4.99 Å². The van der Waals surface area contributed by atoms with Gasteiger partial charge in [0.2, 0.25) is 0 Å². The standard InChI is InChI=1S/C22H31N3O3.HI/c1-4-23-22(24-15-18-7-6-8-20(26)14-18)25-16-19-10-9-17(3)13-21(19)28-12-11-27-5-2;/h6-10,13-14,26H,4-5,11-12,15-16H2,1-3H3,(H2,23,24,25);1H. The highest BCUT2D eigenvalue weighted by atomic mass is 127. The second-order valence-corrected chi connectivity index (χ2v) is 6.38. The largest absolute Gasteiger partial charge is 0.508 e. The summed E-state index contributed by atoms with van der Waals surface area (Å²) >= 11 is 0. The highest BCUT2D eigenvalue weighted by molar-refractivity contribution is 14.0. The average Bonchev–Trinajstić information content (AvgIpc) is 2.68. The van der Waals surface area contributed by atoms with E-state index in [0.29, 0.717) is 38.9 Å². The zero-order chi connectivity index (χ0) is 20.2. The topological polar surface area (TPSA) is 75.1 Å². The summed E-state index contributed by atoms with van der Waals surface area (Å²) in [5.41, 5.74) is 3.16. The van der Waals surface area contributed by atoms with Crippen LogP contribution in [0.3, 0.4) is 0 Å². The number of guanidine groups is 1. The van der Waals surface area contributed by atoms with Gasteiger partial charge < -0.3 is 25.2 Å². The highest BCUT2D eigenvalue weighted by Gasteiger charge is 2.06. The number of aryl methyl sites for hydroxylation is 1. The van der Waals surface area contributed by atoms with Crippen LogP contribution in [0.2, 0.25) is 0 Å². The molecular weight excluding hydrogens is 481 g/mol. The first-order valence-electron chi connectivity index (χ1n) is 9.72. The van der Waals surface area contributed by atoms with Crippen LogP contribution in [-0.4, -0.2) is 37.4 Å². The lowest BCUT2D eigenvalue weighted by Gasteiger charge is -2.15. The van der Waals surface area contributed by atoms with E-state index in [4.69, 9.17) is 9.47 Å². The molecule has 0 saturated carbocycles. The van der Waals surface area contributed by atoms with Gasteiger partial charge in [-0.3, -0.25) is 0 Å². The Morgan fingerprint density at radius 2 is 1.90 bits per heavy atom. The Morgan fingerprint density at radius 3 is 2.62 bits per heavy atom. The first kappa shape index (κ1) is 25.0. The molecule has 0 atom stereocenters. The van der Waals surface area contributed by atoms with Crippen LogP contribution in [0, 0.1) is 6.92 Å². The predicted octanol–water partition coefficient (Wildman–Crippen LogP) is 3.99. The van der Waals surface area contributed by atoms with Crippen molar-refractivity contribution in [3.05, 3.63) is 59.2 Å². The number of rotatable bonds is 10. The first-order valence-corrected chi connectivity index (χ1v) is 9.72. The summed E-state index contributed by atoms with van der Waals surface area (Å²) in [6, 6.07) is 13.3. The second-order valence-electron chi connectivity index (χ2n) is 6.38. The van der Waals surface area contributed by atoms with Gasteiger partial charge in [0, 0.05) is 25.3 Å². The lowest BCUT2D eigenvalue weighted by molar-refractivity contribution is 0.110. The lowest BCUT2D eigenvalue weighted by Crippen LogP contribution is -2.36. The first-order chi connectivity index (χ1) is 13.6. The number of nitrogens with one attached hydrogen (secondary N) is 2. The highest BCUT2D eigenvalue weighted by Crippen LogP contribution is 2.20. The maximum Gasteiger partial charge on any atom is 0.191 e. The maximum atomic E-state index is 9.59. The zero-order valence-corrected chi connectivity index (χ0v) is 19.7. The summed E-state index contributed by atoms with van der Waals surface area (Å²) in [4.78, 5) is 4.60. The van der Waals surface area contributed by atoms with E-state index in [1.807, 2.05) is 39.0 Å². The summed E-state index contributed by atoms with van der Waals surface area (Å²) in [6.45, 7) is 9.67. The van der Waals surface area contributed by atoms with Crippen LogP contribution in [0.25, 0.3) is 0 Å². The summed E-state index contributed by atoms with van der Waals surface area (Å²) in [5, 5.41) is 16.2. The molecule has 0 unspecified atom stereocenters. The van der Waals surface area contributed by atoms with E-state index in [1.165, 1.54) is 0 Å². The Kier molecular flexibility index (Phi) is 12.1. The molecule has 29 heavy (non-hydrogen) atoms. The molecule has 2 aromatic rings. The maximum absolute atomic E-state index is 9.59. The minimum absolute atomic E-state index is 0. The SMILES string of the molecule is CCNC(=NCc1cccc(O)c1)NCc1ccc(C)cc1OCCOCC.I. The van der Waals surface area contributed by atoms with E-state index in [1.54, 1.807) is 12.1 Å². The fraction of sp³-hybridized carbons (Fsp3) is 0.409. The summed E-state index contributed by atoms with van der Waals surface area (Å²) in [7, 11) is 0. The quantitative estimate of drug-likeness (QED) is 0.194. The van der Waals surface area contributed by atoms with Crippen LogP contribution in [-0.2, 0) is 17.8 Å². The summed E-state index contributed by atoms with van der Waals surface area (Å²) in [5.74, 6) is 1.82. The van der Waals surface area contributed by atoms with Crippen molar-refractivity contribution in [1.29, 1.82) is 0 Å². The average molecular weight is 513 g/mol. The van der Waals surface area contributed by atoms with Crippen molar-refractivity contribution < 1.29 is 14.6 Å². The smallest absolute Gasteiger partial charge is 0.191 e. The third kappa shape index (κ3) is 9.36. The van der Waals surface area contributed by atoms with Gasteiger partial charge in [0.15, 0.2) is 5.96 Å². The second kappa shape index (κ2) is 14.1. The van der Waals surface area contributed by atoms with Crippen molar-refractivity contribution in [1.82, 2.24) is 10.6 Å². The molecule has 0 aromatic heterocycles. The van der Waals surface area contributed by atoms with Gasteiger partial charge in [-0.1, -0.05) is 24.3 Å². The van der Waals surface area contributed by atoms with Crippen molar-refractivity contribution in [2.45, 2.75) is 33.9 Å². The predicted molar refractivity (Wildman–Crippen MR) is 128 cm³/mol. The van der Waals surface area contributed by atoms with Crippen LogP contribution >= 0.6 is 24.0 Å². The van der Waals surface area contributed by atoms with Crippen LogP contribution < -0.4 is 15.4 Å². The number of aliphatic imine (C=N–C) groups is 1. The summed E-state index contributed by atoms with van der Waals surface area (Å²) < 4.78 is 11.3. The molecule has 0 aliphatic carbocycles. The molecule has 0 bridgehead atoms. The van der Waals surface area contributed by atoms with Gasteiger partial charge in [-0.15, -0.1) is 24.0 Å². The van der Waals surface area contributed by atoms with E-state index in [2.05, 4.69) is 27.8 Å². The number of halogens is 1. The van der Waals surface area contributed by atoms with Crippen LogP contribution in [0.1, 0.15) is 30.5 Å². The molecule has 0 radical (unpaired) electrons. The fourth-order valence-electron chi connectivity index (χ4n) is 2.64. The minimum atomic E-state index is 0. The number of benzene rings is 2. The lowest BCUT2D eigenvalue weighted by atomic mass is 10.1. The molecule has 0 aliphatic heterocycles. The van der Waals surface area contributed by atoms with Gasteiger partial charge in [-0.2, -0.15) is 0 Å². The molecule has 0 amide bonds. The van der Waals surface area contributed by atoms with Crippen molar-refractivity contribution >= 4 is 29.9 Å². The fourth-order valence-corrected chi connectivity index (χ4v) is 2.64. The number of hydrogen-bond donors (Lipinski definition) is 3. The number of nitrogens with zero attached hydrogens (tertiary/aromatic N) is 1. The Balaban J connectivity index is 0.00000420. The molecule has 0 heterocycles. The van der Waals surface area contributed by atoms with Crippen LogP contribution in [0.15, 0.2) is 47.5 Å². The number of phenolic OH excluding ortho intramolecular Hbond substituents is 1. The molecular formula is C22H32IN3O3. The molecule has 0 spiro atoms. The third-order valence-electron chi connectivity index (χ3n) is 4.03. The van der Waals surface area contributed by atoms with Gasteiger partial charge >= 0.3 is 0 Å². The molecule has 3 N–H and O–H groups in total. The number of aromatic hydroxyl groups is 1. The van der Waals surface area contributed by atoms with Crippen molar-refractivity contribution in [2.24, 2.45) is 4.99 Å². The van der Waals surface area contributed by atoms with E-state index < -0.39 is 0 Å². The molecule has 0 fully saturated rings. The van der Waals surface area contributed by atoms with Gasteiger partial charge in [0.05, 0.1) is 13.2 Å². The normalized spacial score (nSPS) is 10.9. The molecule has 0 saturated heterocycles. The Morgan fingerprint density at radius 1 is 1.07 bits per heavy atom. The van der Waals surface area contributed by atoms with Crippen molar-refractivity contribution in [3.63, 3.8) is 0 Å². The number of phenols is 1. The van der Waals surface area contributed by atoms with Crippen molar-refractivity contribution in [2.75, 3.05) is 26.4 Å². The van der Waals surface area contributed by atoms with E-state index in [9.17, 15) is 5.11 Å². The van der Waals surface area contributed by atoms with Crippen LogP contribution in [0.4, 0.5) is 0 Å². The van der Waals surface area contributed by atoms with Gasteiger partial charge in [0.1, 0.15) is 18.1 Å². The van der Waals surface area contributed by atoms with Crippen molar-refractivity contribution in [3.8, 4) is 11.5 Å². The summed E-state index contributed by atoms with van der Waals surface area (Å²) in [6.07, 6.45) is 0. The Hall–Kier alpha value is -2.00. The Labute approximate surface area is 190 Å². The number of hydrogen-bond acceptors (Lipinski definition) is 4. The van der Waals surface area contributed by atoms with E-state index in [0.717, 1.165) is 29.0 Å². The molecule has 0 aliphatic rings. The molecule has 2 rings (SSSR count). The molecule has 7 heteroatoms. The zero-order valence-electron chi connectivity index (χ0n) is 17.4. The monoisotopic (exact) mass is 513 g/mol. The minimum Gasteiger partial charge on any atom is -0.508 e. The molecule has 6 nitrogen and oxygen atoms in total. The Bertz CT molecular complexity index is 769. The third-order valence-corrected chi connectivity index (χ3v) is 4.03. The number of ether oxygens (including phenoxy) is 2. The van der Waals surface area contributed by atoms with Crippen LogP contribution in [0.5, 0.6) is 11.5 Å².